The van der Waals surface area contributed by atoms with Crippen molar-refractivity contribution in [2.24, 2.45) is 5.73 Å². The first-order chi connectivity index (χ1) is 8.01. The van der Waals surface area contributed by atoms with Gasteiger partial charge in [-0.15, -0.1) is 0 Å². The zero-order valence-corrected chi connectivity index (χ0v) is 10.9. The standard InChI is InChI=1S/C11H21NO4S/c1-16-10(15)11(12)4-2-3-9(5-11)17-7-8(14)6-13/h8-9,13-14H,2-7,12H2,1H3. The van der Waals surface area contributed by atoms with Gasteiger partial charge in [-0.3, -0.25) is 4.79 Å². The summed E-state index contributed by atoms with van der Waals surface area (Å²) in [4.78, 5) is 11.6. The predicted molar refractivity (Wildman–Crippen MR) is 66.7 cm³/mol. The van der Waals surface area contributed by atoms with Crippen LogP contribution < -0.4 is 5.73 Å². The lowest BCUT2D eigenvalue weighted by Crippen LogP contribution is -2.52. The zero-order chi connectivity index (χ0) is 12.9. The first kappa shape index (κ1) is 14.8. The number of aliphatic hydroxyl groups is 2. The van der Waals surface area contributed by atoms with Crippen molar-refractivity contribution in [1.29, 1.82) is 0 Å². The maximum absolute atomic E-state index is 11.6. The Hall–Kier alpha value is -0.300. The molecule has 17 heavy (non-hydrogen) atoms. The van der Waals surface area contributed by atoms with Gasteiger partial charge in [0.15, 0.2) is 0 Å². The van der Waals surface area contributed by atoms with Gasteiger partial charge < -0.3 is 20.7 Å². The molecule has 0 aliphatic heterocycles. The van der Waals surface area contributed by atoms with E-state index in [2.05, 4.69) is 0 Å². The Morgan fingerprint density at radius 3 is 3.00 bits per heavy atom. The SMILES string of the molecule is COC(=O)C1(N)CCCC(SCC(O)CO)C1. The highest BCUT2D eigenvalue weighted by Crippen LogP contribution is 2.34. The van der Waals surface area contributed by atoms with Crippen LogP contribution in [-0.4, -0.2) is 52.5 Å². The number of nitrogens with two attached hydrogens (primary N) is 1. The number of carbonyl (C=O) groups is 1. The third-order valence-electron chi connectivity index (χ3n) is 3.07. The van der Waals surface area contributed by atoms with Crippen LogP contribution in [0.2, 0.25) is 0 Å². The Kier molecular flexibility index (Phi) is 5.72. The van der Waals surface area contributed by atoms with E-state index in [1.54, 1.807) is 11.8 Å². The highest BCUT2D eigenvalue weighted by Gasteiger charge is 2.40. The van der Waals surface area contributed by atoms with E-state index in [1.165, 1.54) is 7.11 Å². The Balaban J connectivity index is 2.46. The molecule has 0 aromatic rings. The largest absolute Gasteiger partial charge is 0.468 e. The number of esters is 1. The zero-order valence-electron chi connectivity index (χ0n) is 10.1. The fourth-order valence-electron chi connectivity index (χ4n) is 2.09. The minimum atomic E-state index is -0.880. The van der Waals surface area contributed by atoms with Gasteiger partial charge in [0.25, 0.3) is 0 Å². The van der Waals surface area contributed by atoms with Crippen LogP contribution in [0.15, 0.2) is 0 Å². The number of hydrogen-bond acceptors (Lipinski definition) is 6. The summed E-state index contributed by atoms with van der Waals surface area (Å²) in [7, 11) is 1.35. The van der Waals surface area contributed by atoms with Crippen LogP contribution in [-0.2, 0) is 9.53 Å². The van der Waals surface area contributed by atoms with Crippen molar-refractivity contribution in [3.63, 3.8) is 0 Å². The van der Waals surface area contributed by atoms with E-state index in [0.29, 0.717) is 18.6 Å². The monoisotopic (exact) mass is 263 g/mol. The maximum atomic E-state index is 11.6. The summed E-state index contributed by atoms with van der Waals surface area (Å²) in [6, 6.07) is 0. The van der Waals surface area contributed by atoms with Gasteiger partial charge in [0.05, 0.1) is 19.8 Å². The molecule has 1 fully saturated rings. The Labute approximate surface area is 106 Å². The van der Waals surface area contributed by atoms with Gasteiger partial charge >= 0.3 is 5.97 Å². The Bertz CT molecular complexity index is 264. The molecule has 4 N–H and O–H groups in total. The third-order valence-corrected chi connectivity index (χ3v) is 4.52. The van der Waals surface area contributed by atoms with E-state index in [1.807, 2.05) is 0 Å². The molecule has 1 aliphatic carbocycles. The lowest BCUT2D eigenvalue weighted by molar-refractivity contribution is -0.148. The van der Waals surface area contributed by atoms with Crippen molar-refractivity contribution in [1.82, 2.24) is 0 Å². The summed E-state index contributed by atoms with van der Waals surface area (Å²) in [6.45, 7) is -0.232. The molecule has 0 bridgehead atoms. The summed E-state index contributed by atoms with van der Waals surface area (Å²) in [5, 5.41) is 18.3. The number of methoxy groups -OCH3 is 1. The van der Waals surface area contributed by atoms with Gasteiger partial charge in [-0.1, -0.05) is 0 Å². The number of hydrogen-bond donors (Lipinski definition) is 3. The highest BCUT2D eigenvalue weighted by atomic mass is 32.2. The second kappa shape index (κ2) is 6.58. The van der Waals surface area contributed by atoms with E-state index >= 15 is 0 Å². The molecule has 1 rings (SSSR count). The molecule has 5 nitrogen and oxygen atoms in total. The highest BCUT2D eigenvalue weighted by molar-refractivity contribution is 7.99. The van der Waals surface area contributed by atoms with E-state index in [0.717, 1.165) is 12.8 Å². The van der Waals surface area contributed by atoms with Crippen molar-refractivity contribution in [2.45, 2.75) is 42.6 Å². The minimum absolute atomic E-state index is 0.232. The summed E-state index contributed by atoms with van der Waals surface area (Å²) < 4.78 is 4.73. The first-order valence-electron chi connectivity index (χ1n) is 5.79. The molecule has 3 unspecified atom stereocenters. The Morgan fingerprint density at radius 2 is 2.41 bits per heavy atom. The molecular weight excluding hydrogens is 242 g/mol. The van der Waals surface area contributed by atoms with Crippen molar-refractivity contribution < 1.29 is 19.7 Å². The maximum Gasteiger partial charge on any atom is 0.325 e. The van der Waals surface area contributed by atoms with Crippen LogP contribution in [0.5, 0.6) is 0 Å². The van der Waals surface area contributed by atoms with Gasteiger partial charge in [0.1, 0.15) is 5.54 Å². The second-order valence-corrected chi connectivity index (χ2v) is 5.87. The summed E-state index contributed by atoms with van der Waals surface area (Å²) >= 11 is 1.56. The molecule has 0 saturated heterocycles. The molecule has 0 heterocycles. The molecule has 6 heteroatoms. The molecule has 3 atom stereocenters. The number of aliphatic hydroxyl groups excluding tert-OH is 2. The van der Waals surface area contributed by atoms with E-state index in [9.17, 15) is 9.90 Å². The van der Waals surface area contributed by atoms with Crippen molar-refractivity contribution in [3.05, 3.63) is 0 Å². The summed E-state index contributed by atoms with van der Waals surface area (Å²) in [5.74, 6) is 0.115. The molecule has 0 radical (unpaired) electrons. The van der Waals surface area contributed by atoms with Crippen LogP contribution in [0.1, 0.15) is 25.7 Å². The van der Waals surface area contributed by atoms with E-state index < -0.39 is 11.6 Å². The fraction of sp³-hybridized carbons (Fsp3) is 0.909. The van der Waals surface area contributed by atoms with E-state index in [-0.39, 0.29) is 17.8 Å². The third kappa shape index (κ3) is 4.13. The molecule has 0 amide bonds. The van der Waals surface area contributed by atoms with Crippen molar-refractivity contribution in [2.75, 3.05) is 19.5 Å². The Morgan fingerprint density at radius 1 is 1.71 bits per heavy atom. The minimum Gasteiger partial charge on any atom is -0.468 e. The average Bonchev–Trinajstić information content (AvgIpc) is 2.35. The lowest BCUT2D eigenvalue weighted by Gasteiger charge is -2.35. The van der Waals surface area contributed by atoms with Gasteiger partial charge in [0, 0.05) is 11.0 Å². The average molecular weight is 263 g/mol. The number of thioether (sulfide) groups is 1. The lowest BCUT2D eigenvalue weighted by atomic mass is 9.82. The molecule has 1 aliphatic rings. The summed E-state index contributed by atoms with van der Waals surface area (Å²) in [5.41, 5.74) is 5.16. The van der Waals surface area contributed by atoms with Gasteiger partial charge in [-0.05, 0) is 25.7 Å². The molecule has 1 saturated carbocycles. The normalized spacial score (nSPS) is 30.9. The number of carbonyl (C=O) groups excluding carboxylic acids is 1. The molecule has 0 aromatic heterocycles. The van der Waals surface area contributed by atoms with Crippen molar-refractivity contribution in [3.8, 4) is 0 Å². The summed E-state index contributed by atoms with van der Waals surface area (Å²) in [6.07, 6.45) is 2.39. The smallest absolute Gasteiger partial charge is 0.325 e. The van der Waals surface area contributed by atoms with Crippen LogP contribution in [0, 0.1) is 0 Å². The van der Waals surface area contributed by atoms with Crippen LogP contribution in [0.3, 0.4) is 0 Å². The molecule has 100 valence electrons. The molecule has 0 aromatic carbocycles. The topological polar surface area (TPSA) is 92.8 Å². The first-order valence-corrected chi connectivity index (χ1v) is 6.84. The van der Waals surface area contributed by atoms with Gasteiger partial charge in [-0.2, -0.15) is 11.8 Å². The van der Waals surface area contributed by atoms with Gasteiger partial charge in [0.2, 0.25) is 0 Å². The van der Waals surface area contributed by atoms with Crippen LogP contribution in [0.25, 0.3) is 0 Å². The fourth-order valence-corrected chi connectivity index (χ4v) is 3.43. The molecular formula is C11H21NO4S. The van der Waals surface area contributed by atoms with Crippen LogP contribution >= 0.6 is 11.8 Å². The quantitative estimate of drug-likeness (QED) is 0.599. The second-order valence-electron chi connectivity index (χ2n) is 4.54. The number of ether oxygens (including phenoxy) is 1. The van der Waals surface area contributed by atoms with Crippen LogP contribution in [0.4, 0.5) is 0 Å². The van der Waals surface area contributed by atoms with Crippen molar-refractivity contribution >= 4 is 17.7 Å². The predicted octanol–water partition coefficient (Wildman–Crippen LogP) is -0.114. The van der Waals surface area contributed by atoms with Gasteiger partial charge in [-0.25, -0.2) is 0 Å². The van der Waals surface area contributed by atoms with E-state index in [4.69, 9.17) is 15.6 Å². The molecule has 0 spiro atoms. The number of rotatable bonds is 5.